The summed E-state index contributed by atoms with van der Waals surface area (Å²) in [5, 5.41) is 18.7. The smallest absolute Gasteiger partial charge is 0.304 e. The third kappa shape index (κ3) is 2.85. The van der Waals surface area contributed by atoms with E-state index < -0.39 is 11.4 Å². The lowest BCUT2D eigenvalue weighted by molar-refractivity contribution is -0.138. The molecule has 18 heavy (non-hydrogen) atoms. The third-order valence-electron chi connectivity index (χ3n) is 2.82. The molecule has 0 saturated heterocycles. The standard InChI is InChI=1S/C13H18O5/c1-13(2,7-12(15)16)8-5-9(14)11(18-4)6-10(8)17-3/h5-6,14H,7H2,1-4H3,(H,15,16). The van der Waals surface area contributed by atoms with Crippen LogP contribution in [0.1, 0.15) is 25.8 Å². The lowest BCUT2D eigenvalue weighted by Gasteiger charge is -2.26. The quantitative estimate of drug-likeness (QED) is 0.842. The number of phenolic OH excluding ortho intramolecular Hbond substituents is 1. The van der Waals surface area contributed by atoms with Crippen molar-refractivity contribution in [3.8, 4) is 17.2 Å². The van der Waals surface area contributed by atoms with Gasteiger partial charge in [0.05, 0.1) is 20.6 Å². The predicted octanol–water partition coefficient (Wildman–Crippen LogP) is 2.16. The van der Waals surface area contributed by atoms with Gasteiger partial charge in [0.15, 0.2) is 11.5 Å². The van der Waals surface area contributed by atoms with Crippen molar-refractivity contribution < 1.29 is 24.5 Å². The third-order valence-corrected chi connectivity index (χ3v) is 2.82. The molecule has 1 aromatic carbocycles. The molecule has 0 atom stereocenters. The molecule has 0 amide bonds. The van der Waals surface area contributed by atoms with E-state index in [9.17, 15) is 9.90 Å². The summed E-state index contributed by atoms with van der Waals surface area (Å²) in [4.78, 5) is 10.9. The number of methoxy groups -OCH3 is 2. The molecule has 100 valence electrons. The second kappa shape index (κ2) is 5.16. The van der Waals surface area contributed by atoms with Crippen LogP contribution in [-0.2, 0) is 10.2 Å². The molecule has 2 N–H and O–H groups in total. The highest BCUT2D eigenvalue weighted by Crippen LogP contribution is 2.41. The topological polar surface area (TPSA) is 76.0 Å². The maximum Gasteiger partial charge on any atom is 0.304 e. The van der Waals surface area contributed by atoms with Gasteiger partial charge in [-0.3, -0.25) is 4.79 Å². The van der Waals surface area contributed by atoms with Gasteiger partial charge in [-0.2, -0.15) is 0 Å². The van der Waals surface area contributed by atoms with E-state index in [1.165, 1.54) is 20.3 Å². The van der Waals surface area contributed by atoms with E-state index in [1.807, 2.05) is 0 Å². The minimum atomic E-state index is -0.905. The Kier molecular flexibility index (Phi) is 4.06. The summed E-state index contributed by atoms with van der Waals surface area (Å²) in [5.41, 5.74) is -0.0216. The highest BCUT2D eigenvalue weighted by molar-refractivity contribution is 5.69. The number of hydrogen-bond donors (Lipinski definition) is 2. The van der Waals surface area contributed by atoms with Crippen molar-refractivity contribution >= 4 is 5.97 Å². The molecule has 0 fully saturated rings. The lowest BCUT2D eigenvalue weighted by atomic mass is 9.81. The van der Waals surface area contributed by atoms with Crippen molar-refractivity contribution in [3.63, 3.8) is 0 Å². The summed E-state index contributed by atoms with van der Waals surface area (Å²) in [5.74, 6) is -0.151. The molecule has 0 aliphatic rings. The van der Waals surface area contributed by atoms with Gasteiger partial charge >= 0.3 is 5.97 Å². The minimum Gasteiger partial charge on any atom is -0.504 e. The van der Waals surface area contributed by atoms with Crippen LogP contribution in [0.5, 0.6) is 17.2 Å². The van der Waals surface area contributed by atoms with Crippen LogP contribution in [0, 0.1) is 0 Å². The van der Waals surface area contributed by atoms with E-state index in [2.05, 4.69) is 0 Å². The molecule has 0 aliphatic heterocycles. The Morgan fingerprint density at radius 2 is 1.78 bits per heavy atom. The second-order valence-corrected chi connectivity index (χ2v) is 4.68. The normalized spacial score (nSPS) is 11.1. The number of hydrogen-bond acceptors (Lipinski definition) is 4. The number of phenols is 1. The summed E-state index contributed by atoms with van der Waals surface area (Å²) >= 11 is 0. The van der Waals surface area contributed by atoms with Crippen LogP contribution >= 0.6 is 0 Å². The average molecular weight is 254 g/mol. The Balaban J connectivity index is 3.30. The summed E-state index contributed by atoms with van der Waals surface area (Å²) < 4.78 is 10.2. The molecule has 1 aromatic rings. The Morgan fingerprint density at radius 3 is 2.22 bits per heavy atom. The van der Waals surface area contributed by atoms with E-state index in [1.54, 1.807) is 19.9 Å². The van der Waals surface area contributed by atoms with Crippen molar-refractivity contribution in [3.05, 3.63) is 17.7 Å². The van der Waals surface area contributed by atoms with Crippen molar-refractivity contribution in [2.45, 2.75) is 25.7 Å². The largest absolute Gasteiger partial charge is 0.504 e. The minimum absolute atomic E-state index is 0.0354. The molecule has 0 aliphatic carbocycles. The highest BCUT2D eigenvalue weighted by Gasteiger charge is 2.29. The number of carbonyl (C=O) groups is 1. The lowest BCUT2D eigenvalue weighted by Crippen LogP contribution is -2.22. The number of aromatic hydroxyl groups is 1. The first-order valence-electron chi connectivity index (χ1n) is 5.49. The summed E-state index contributed by atoms with van der Waals surface area (Å²) in [6.07, 6.45) is -0.0604. The fourth-order valence-electron chi connectivity index (χ4n) is 1.88. The number of carboxylic acids is 1. The van der Waals surface area contributed by atoms with Crippen LogP contribution in [0.15, 0.2) is 12.1 Å². The molecule has 5 nitrogen and oxygen atoms in total. The van der Waals surface area contributed by atoms with Gasteiger partial charge in [0.25, 0.3) is 0 Å². The van der Waals surface area contributed by atoms with Crippen molar-refractivity contribution in [2.75, 3.05) is 14.2 Å². The molecule has 0 heterocycles. The van der Waals surface area contributed by atoms with Gasteiger partial charge in [-0.05, 0) is 6.07 Å². The predicted molar refractivity (Wildman–Crippen MR) is 66.5 cm³/mol. The zero-order valence-corrected chi connectivity index (χ0v) is 11.0. The monoisotopic (exact) mass is 254 g/mol. The Bertz CT molecular complexity index is 451. The Labute approximate surface area is 106 Å². The molecule has 0 spiro atoms. The Hall–Kier alpha value is -1.91. The van der Waals surface area contributed by atoms with E-state index in [0.29, 0.717) is 17.1 Å². The van der Waals surface area contributed by atoms with Gasteiger partial charge in [0.2, 0.25) is 0 Å². The van der Waals surface area contributed by atoms with Crippen LogP contribution in [0.25, 0.3) is 0 Å². The van der Waals surface area contributed by atoms with Crippen molar-refractivity contribution in [1.29, 1.82) is 0 Å². The summed E-state index contributed by atoms with van der Waals surface area (Å²) in [7, 11) is 2.93. The molecule has 5 heteroatoms. The zero-order valence-electron chi connectivity index (χ0n) is 11.0. The molecular formula is C13H18O5. The van der Waals surface area contributed by atoms with Crippen LogP contribution in [0.4, 0.5) is 0 Å². The maximum atomic E-state index is 10.9. The van der Waals surface area contributed by atoms with Gasteiger partial charge in [-0.1, -0.05) is 13.8 Å². The average Bonchev–Trinajstić information content (AvgIpc) is 2.27. The maximum absolute atomic E-state index is 10.9. The molecule has 0 radical (unpaired) electrons. The number of ether oxygens (including phenoxy) is 2. The molecule has 0 bridgehead atoms. The van der Waals surface area contributed by atoms with Crippen LogP contribution < -0.4 is 9.47 Å². The highest BCUT2D eigenvalue weighted by atomic mass is 16.5. The fourth-order valence-corrected chi connectivity index (χ4v) is 1.88. The first kappa shape index (κ1) is 14.2. The molecular weight excluding hydrogens is 236 g/mol. The summed E-state index contributed by atoms with van der Waals surface area (Å²) in [6, 6.07) is 3.04. The first-order valence-corrected chi connectivity index (χ1v) is 5.49. The SMILES string of the molecule is COc1cc(OC)c(C(C)(C)CC(=O)O)cc1O. The zero-order chi connectivity index (χ0) is 13.9. The van der Waals surface area contributed by atoms with Crippen molar-refractivity contribution in [1.82, 2.24) is 0 Å². The van der Waals surface area contributed by atoms with Crippen molar-refractivity contribution in [2.24, 2.45) is 0 Å². The number of carboxylic acid groups (broad SMARTS) is 1. The first-order chi connectivity index (χ1) is 8.31. The van der Waals surface area contributed by atoms with Crippen LogP contribution in [-0.4, -0.2) is 30.4 Å². The van der Waals surface area contributed by atoms with Gasteiger partial charge in [-0.15, -0.1) is 0 Å². The fraction of sp³-hybridized carbons (Fsp3) is 0.462. The molecule has 1 rings (SSSR count). The van der Waals surface area contributed by atoms with Gasteiger partial charge in [0, 0.05) is 17.0 Å². The van der Waals surface area contributed by atoms with Crippen LogP contribution in [0.2, 0.25) is 0 Å². The summed E-state index contributed by atoms with van der Waals surface area (Å²) in [6.45, 7) is 3.57. The van der Waals surface area contributed by atoms with Crippen LogP contribution in [0.3, 0.4) is 0 Å². The van der Waals surface area contributed by atoms with E-state index in [0.717, 1.165) is 0 Å². The van der Waals surface area contributed by atoms with E-state index in [-0.39, 0.29) is 12.2 Å². The van der Waals surface area contributed by atoms with Gasteiger partial charge in [0.1, 0.15) is 5.75 Å². The van der Waals surface area contributed by atoms with Gasteiger partial charge in [-0.25, -0.2) is 0 Å². The van der Waals surface area contributed by atoms with E-state index in [4.69, 9.17) is 14.6 Å². The van der Waals surface area contributed by atoms with E-state index >= 15 is 0 Å². The molecule has 0 unspecified atom stereocenters. The van der Waals surface area contributed by atoms with Gasteiger partial charge < -0.3 is 19.7 Å². The number of rotatable bonds is 5. The molecule has 0 saturated carbocycles. The Morgan fingerprint density at radius 1 is 1.22 bits per heavy atom. The second-order valence-electron chi connectivity index (χ2n) is 4.68. The number of aliphatic carboxylic acids is 1. The molecule has 0 aromatic heterocycles. The number of benzene rings is 1.